The highest BCUT2D eigenvalue weighted by Crippen LogP contribution is 2.14. The molecule has 1 aliphatic rings. The van der Waals surface area contributed by atoms with Crippen molar-refractivity contribution >= 4 is 0 Å². The van der Waals surface area contributed by atoms with Gasteiger partial charge in [0.05, 0.1) is 6.54 Å². The minimum atomic E-state index is 0.528. The van der Waals surface area contributed by atoms with Crippen molar-refractivity contribution in [3.63, 3.8) is 0 Å². The first-order valence-corrected chi connectivity index (χ1v) is 3.30. The molecule has 1 rings (SSSR count). The maximum Gasteiger partial charge on any atom is 0.182 e. The summed E-state index contributed by atoms with van der Waals surface area (Å²) in [5.41, 5.74) is 0. The van der Waals surface area contributed by atoms with Crippen molar-refractivity contribution in [2.45, 2.75) is 19.9 Å². The molecule has 0 saturated carbocycles. The molecule has 0 atom stereocenters. The third-order valence-corrected chi connectivity index (χ3v) is 1.54. The molecule has 0 unspecified atom stereocenters. The molecular formula is C7H13NO. The van der Waals surface area contributed by atoms with Crippen LogP contribution in [0.25, 0.3) is 0 Å². The van der Waals surface area contributed by atoms with Crippen LogP contribution in [0.3, 0.4) is 0 Å². The predicted octanol–water partition coefficient (Wildman–Crippen LogP) is 1.20. The largest absolute Gasteiger partial charge is 0.478 e. The van der Waals surface area contributed by atoms with Gasteiger partial charge in [-0.1, -0.05) is 0 Å². The van der Waals surface area contributed by atoms with E-state index in [9.17, 15) is 0 Å². The van der Waals surface area contributed by atoms with Crippen LogP contribution in [-0.4, -0.2) is 24.1 Å². The molecule has 0 spiro atoms. The van der Waals surface area contributed by atoms with Gasteiger partial charge in [-0.25, -0.2) is 0 Å². The average Bonchev–Trinajstić information content (AvgIpc) is 2.13. The fourth-order valence-electron chi connectivity index (χ4n) is 1.02. The molecule has 0 N–H and O–H groups in total. The molecule has 1 saturated heterocycles. The van der Waals surface area contributed by atoms with Gasteiger partial charge in [-0.05, 0) is 20.4 Å². The van der Waals surface area contributed by atoms with Crippen LogP contribution in [0.2, 0.25) is 0 Å². The van der Waals surface area contributed by atoms with E-state index >= 15 is 0 Å². The van der Waals surface area contributed by atoms with Crippen LogP contribution < -0.4 is 0 Å². The van der Waals surface area contributed by atoms with Crippen molar-refractivity contribution in [1.82, 2.24) is 4.90 Å². The highest BCUT2D eigenvalue weighted by atomic mass is 16.5. The molecule has 1 aliphatic heterocycles. The smallest absolute Gasteiger partial charge is 0.182 e. The van der Waals surface area contributed by atoms with Crippen molar-refractivity contribution in [3.05, 3.63) is 12.5 Å². The molecule has 2 nitrogen and oxygen atoms in total. The maximum atomic E-state index is 5.16. The van der Waals surface area contributed by atoms with Crippen molar-refractivity contribution in [2.24, 2.45) is 0 Å². The summed E-state index contributed by atoms with van der Waals surface area (Å²) in [7, 11) is 0. The van der Waals surface area contributed by atoms with E-state index in [1.54, 1.807) is 0 Å². The fraction of sp³-hybridized carbons (Fsp3) is 0.714. The summed E-state index contributed by atoms with van der Waals surface area (Å²) in [6.45, 7) is 9.84. The first-order valence-electron chi connectivity index (χ1n) is 3.30. The van der Waals surface area contributed by atoms with Crippen LogP contribution in [-0.2, 0) is 4.74 Å². The predicted molar refractivity (Wildman–Crippen MR) is 36.9 cm³/mol. The van der Waals surface area contributed by atoms with E-state index in [1.165, 1.54) is 0 Å². The number of nitrogens with zero attached hydrogens (tertiary/aromatic N) is 1. The quantitative estimate of drug-likeness (QED) is 0.524. The Labute approximate surface area is 56.1 Å². The van der Waals surface area contributed by atoms with Gasteiger partial charge in [0.2, 0.25) is 0 Å². The van der Waals surface area contributed by atoms with Crippen LogP contribution >= 0.6 is 0 Å². The van der Waals surface area contributed by atoms with Gasteiger partial charge in [-0.2, -0.15) is 0 Å². The summed E-state index contributed by atoms with van der Waals surface area (Å²) >= 11 is 0. The topological polar surface area (TPSA) is 12.5 Å². The number of hydrogen-bond acceptors (Lipinski definition) is 2. The molecule has 0 aromatic heterocycles. The molecule has 52 valence electrons. The number of ether oxygens (including phenoxy) is 1. The van der Waals surface area contributed by atoms with Crippen LogP contribution in [0.5, 0.6) is 0 Å². The van der Waals surface area contributed by atoms with E-state index in [0.29, 0.717) is 6.04 Å². The van der Waals surface area contributed by atoms with Gasteiger partial charge in [0.1, 0.15) is 6.61 Å². The lowest BCUT2D eigenvalue weighted by molar-refractivity contribution is 0.220. The minimum absolute atomic E-state index is 0.528. The summed E-state index contributed by atoms with van der Waals surface area (Å²) < 4.78 is 5.16. The molecular weight excluding hydrogens is 114 g/mol. The van der Waals surface area contributed by atoms with Crippen LogP contribution in [0.15, 0.2) is 12.5 Å². The molecule has 0 amide bonds. The molecule has 0 radical (unpaired) electrons. The van der Waals surface area contributed by atoms with E-state index in [2.05, 4.69) is 25.3 Å². The summed E-state index contributed by atoms with van der Waals surface area (Å²) in [6, 6.07) is 0.528. The number of rotatable bonds is 1. The van der Waals surface area contributed by atoms with Crippen molar-refractivity contribution in [2.75, 3.05) is 13.2 Å². The van der Waals surface area contributed by atoms with Crippen LogP contribution in [0.1, 0.15) is 13.8 Å². The zero-order chi connectivity index (χ0) is 6.85. The van der Waals surface area contributed by atoms with Gasteiger partial charge in [-0.15, -0.1) is 0 Å². The zero-order valence-corrected chi connectivity index (χ0v) is 6.05. The van der Waals surface area contributed by atoms with Gasteiger partial charge in [-0.3, -0.25) is 0 Å². The zero-order valence-electron chi connectivity index (χ0n) is 6.05. The Bertz CT molecular complexity index is 120. The molecule has 0 aromatic carbocycles. The summed E-state index contributed by atoms with van der Waals surface area (Å²) in [5, 5.41) is 0. The molecule has 2 heteroatoms. The Kier molecular flexibility index (Phi) is 1.65. The SMILES string of the molecule is C=C1OCCN1C(C)C. The lowest BCUT2D eigenvalue weighted by Crippen LogP contribution is -2.25. The van der Waals surface area contributed by atoms with E-state index in [4.69, 9.17) is 4.74 Å². The highest BCUT2D eigenvalue weighted by Gasteiger charge is 2.17. The van der Waals surface area contributed by atoms with Crippen molar-refractivity contribution in [3.8, 4) is 0 Å². The minimum Gasteiger partial charge on any atom is -0.478 e. The summed E-state index contributed by atoms with van der Waals surface area (Å²) in [6.07, 6.45) is 0. The third kappa shape index (κ3) is 1.18. The van der Waals surface area contributed by atoms with Crippen molar-refractivity contribution in [1.29, 1.82) is 0 Å². The highest BCUT2D eigenvalue weighted by molar-refractivity contribution is 4.90. The standard InChI is InChI=1S/C7H13NO/c1-6(2)8-4-5-9-7(8)3/h6H,3-5H2,1-2H3. The van der Waals surface area contributed by atoms with E-state index in [1.807, 2.05) is 0 Å². The van der Waals surface area contributed by atoms with Gasteiger partial charge in [0.15, 0.2) is 5.88 Å². The lowest BCUT2D eigenvalue weighted by atomic mass is 10.3. The lowest BCUT2D eigenvalue weighted by Gasteiger charge is -2.20. The van der Waals surface area contributed by atoms with Crippen LogP contribution in [0.4, 0.5) is 0 Å². The Morgan fingerprint density at radius 1 is 1.67 bits per heavy atom. The van der Waals surface area contributed by atoms with Gasteiger partial charge >= 0.3 is 0 Å². The summed E-state index contributed by atoms with van der Waals surface area (Å²) in [5.74, 6) is 0.824. The third-order valence-electron chi connectivity index (χ3n) is 1.54. The molecule has 9 heavy (non-hydrogen) atoms. The first kappa shape index (κ1) is 6.46. The first-order chi connectivity index (χ1) is 4.22. The second-order valence-corrected chi connectivity index (χ2v) is 2.53. The molecule has 1 heterocycles. The average molecular weight is 127 g/mol. The Balaban J connectivity index is 2.49. The molecule has 0 aliphatic carbocycles. The van der Waals surface area contributed by atoms with Gasteiger partial charge in [0.25, 0.3) is 0 Å². The maximum absolute atomic E-state index is 5.16. The molecule has 0 aromatic rings. The second-order valence-electron chi connectivity index (χ2n) is 2.53. The monoisotopic (exact) mass is 127 g/mol. The Morgan fingerprint density at radius 3 is 2.56 bits per heavy atom. The van der Waals surface area contributed by atoms with E-state index in [0.717, 1.165) is 19.0 Å². The van der Waals surface area contributed by atoms with Crippen LogP contribution in [0, 0.1) is 0 Å². The van der Waals surface area contributed by atoms with Gasteiger partial charge < -0.3 is 9.64 Å². The Morgan fingerprint density at radius 2 is 2.33 bits per heavy atom. The fourth-order valence-corrected chi connectivity index (χ4v) is 1.02. The van der Waals surface area contributed by atoms with E-state index < -0.39 is 0 Å². The van der Waals surface area contributed by atoms with Gasteiger partial charge in [0, 0.05) is 6.04 Å². The van der Waals surface area contributed by atoms with E-state index in [-0.39, 0.29) is 0 Å². The summed E-state index contributed by atoms with van der Waals surface area (Å²) in [4.78, 5) is 2.15. The van der Waals surface area contributed by atoms with Crippen molar-refractivity contribution < 1.29 is 4.74 Å². The second kappa shape index (κ2) is 2.29. The normalized spacial score (nSPS) is 19.0. The molecule has 0 bridgehead atoms. The molecule has 1 fully saturated rings. The Hall–Kier alpha value is -0.660. The number of hydrogen-bond donors (Lipinski definition) is 0.